The van der Waals surface area contributed by atoms with E-state index in [4.69, 9.17) is 5.73 Å². The van der Waals surface area contributed by atoms with Crippen molar-refractivity contribution in [3.05, 3.63) is 87.2 Å². The summed E-state index contributed by atoms with van der Waals surface area (Å²) in [7, 11) is 0. The highest BCUT2D eigenvalue weighted by Gasteiger charge is 2.35. The van der Waals surface area contributed by atoms with E-state index in [-0.39, 0.29) is 16.7 Å². The van der Waals surface area contributed by atoms with Gasteiger partial charge in [0.2, 0.25) is 10.9 Å². The zero-order valence-corrected chi connectivity index (χ0v) is 17.9. The van der Waals surface area contributed by atoms with E-state index in [9.17, 15) is 14.4 Å². The number of para-hydroxylation sites is 1. The molecule has 0 unspecified atom stereocenters. The molecule has 0 atom stereocenters. The number of nitrogens with zero attached hydrogens (tertiary/aromatic N) is 4. The molecule has 0 fully saturated rings. The maximum Gasteiger partial charge on any atom is 0.291 e. The number of benzene rings is 3. The lowest BCUT2D eigenvalue weighted by Gasteiger charge is -2.14. The van der Waals surface area contributed by atoms with Gasteiger partial charge in [-0.25, -0.2) is 0 Å². The van der Waals surface area contributed by atoms with Crippen molar-refractivity contribution >= 4 is 50.1 Å². The molecule has 5 aromatic rings. The Balaban J connectivity index is 1.56. The topological polar surface area (TPSA) is 111 Å². The first-order chi connectivity index (χ1) is 16.0. The largest absolute Gasteiger partial charge is 0.368 e. The van der Waals surface area contributed by atoms with Gasteiger partial charge in [-0.3, -0.25) is 19.3 Å². The SMILES string of the molecule is NC(=O)CN1C(=O)C(=c2sc3nc(-c4cccc5ccccc45)nn3c2=O)c2ccccc21. The van der Waals surface area contributed by atoms with Crippen LogP contribution in [0.1, 0.15) is 5.56 Å². The number of anilines is 1. The summed E-state index contributed by atoms with van der Waals surface area (Å²) < 4.78 is 1.47. The Bertz CT molecular complexity index is 1730. The average molecular weight is 453 g/mol. The Morgan fingerprint density at radius 1 is 0.939 bits per heavy atom. The van der Waals surface area contributed by atoms with E-state index in [1.165, 1.54) is 9.42 Å². The van der Waals surface area contributed by atoms with Gasteiger partial charge in [0, 0.05) is 11.1 Å². The highest BCUT2D eigenvalue weighted by molar-refractivity contribution is 7.15. The minimum Gasteiger partial charge on any atom is -0.368 e. The van der Waals surface area contributed by atoms with E-state index in [1.807, 2.05) is 42.5 Å². The minimum atomic E-state index is -0.635. The molecule has 1 aliphatic rings. The molecule has 3 aromatic carbocycles. The number of hydrogen-bond acceptors (Lipinski definition) is 6. The smallest absolute Gasteiger partial charge is 0.291 e. The molecule has 6 rings (SSSR count). The summed E-state index contributed by atoms with van der Waals surface area (Å²) >= 11 is 1.11. The molecule has 9 heteroatoms. The van der Waals surface area contributed by atoms with Gasteiger partial charge < -0.3 is 5.73 Å². The van der Waals surface area contributed by atoms with Crippen molar-refractivity contribution in [1.29, 1.82) is 0 Å². The number of fused-ring (bicyclic) bond motifs is 3. The lowest BCUT2D eigenvalue weighted by Crippen LogP contribution is -2.37. The zero-order valence-electron chi connectivity index (χ0n) is 17.1. The van der Waals surface area contributed by atoms with E-state index in [2.05, 4.69) is 10.1 Å². The maximum atomic E-state index is 13.3. The number of hydrogen-bond donors (Lipinski definition) is 1. The Hall–Kier alpha value is -4.37. The number of nitrogens with two attached hydrogens (primary N) is 1. The first-order valence-electron chi connectivity index (χ1n) is 10.1. The molecule has 2 N–H and O–H groups in total. The number of aromatic nitrogens is 3. The molecule has 0 aliphatic carbocycles. The van der Waals surface area contributed by atoms with Crippen LogP contribution in [0.3, 0.4) is 0 Å². The zero-order chi connectivity index (χ0) is 22.7. The summed E-state index contributed by atoms with van der Waals surface area (Å²) in [4.78, 5) is 44.3. The lowest BCUT2D eigenvalue weighted by molar-refractivity contribution is -0.119. The molecular formula is C24H15N5O3S. The molecule has 2 aromatic heterocycles. The number of carbonyl (C=O) groups excluding carboxylic acids is 2. The van der Waals surface area contributed by atoms with Crippen LogP contribution in [-0.2, 0) is 9.59 Å². The molecule has 33 heavy (non-hydrogen) atoms. The second-order valence-electron chi connectivity index (χ2n) is 7.64. The van der Waals surface area contributed by atoms with Gasteiger partial charge in [-0.2, -0.15) is 9.50 Å². The molecule has 1 aliphatic heterocycles. The van der Waals surface area contributed by atoms with Gasteiger partial charge in [0.1, 0.15) is 11.1 Å². The second-order valence-corrected chi connectivity index (χ2v) is 8.62. The first kappa shape index (κ1) is 19.3. The van der Waals surface area contributed by atoms with Crippen molar-refractivity contribution in [3.63, 3.8) is 0 Å². The third kappa shape index (κ3) is 2.86. The van der Waals surface area contributed by atoms with Gasteiger partial charge in [0.05, 0.1) is 11.3 Å². The number of rotatable bonds is 3. The molecule has 0 radical (unpaired) electrons. The van der Waals surface area contributed by atoms with E-state index in [0.29, 0.717) is 22.0 Å². The summed E-state index contributed by atoms with van der Waals surface area (Å²) in [5.41, 5.74) is 7.11. The molecule has 0 spiro atoms. The standard InChI is InChI=1S/C24H15N5O3S/c25-18(30)12-28-17-11-4-3-9-16(17)19(22(28)31)20-23(32)29-24(33-20)26-21(27-29)15-10-5-7-13-6-1-2-8-14(13)15/h1-11H,12H2,(H2,25,30). The second kappa shape index (κ2) is 7.07. The van der Waals surface area contributed by atoms with E-state index < -0.39 is 17.4 Å². The monoisotopic (exact) mass is 453 g/mol. The molecule has 3 heterocycles. The Labute approximate surface area is 190 Å². The molecule has 2 amide bonds. The summed E-state index contributed by atoms with van der Waals surface area (Å²) in [5.74, 6) is -0.629. The van der Waals surface area contributed by atoms with Crippen LogP contribution < -0.4 is 20.7 Å². The van der Waals surface area contributed by atoms with Crippen molar-refractivity contribution in [2.75, 3.05) is 11.4 Å². The van der Waals surface area contributed by atoms with Crippen molar-refractivity contribution < 1.29 is 9.59 Å². The Morgan fingerprint density at radius 2 is 1.67 bits per heavy atom. The van der Waals surface area contributed by atoms with Crippen molar-refractivity contribution in [1.82, 2.24) is 14.6 Å². The van der Waals surface area contributed by atoms with Crippen LogP contribution in [0.25, 0.3) is 32.7 Å². The van der Waals surface area contributed by atoms with Crippen molar-refractivity contribution in [2.24, 2.45) is 5.73 Å². The average Bonchev–Trinajstić information content (AvgIpc) is 3.45. The number of amides is 2. The van der Waals surface area contributed by atoms with Crippen LogP contribution in [0.4, 0.5) is 5.69 Å². The quantitative estimate of drug-likeness (QED) is 0.447. The predicted octanol–water partition coefficient (Wildman–Crippen LogP) is 1.72. The normalized spacial score (nSPS) is 14.9. The van der Waals surface area contributed by atoms with Gasteiger partial charge in [0.25, 0.3) is 11.5 Å². The molecule has 0 bridgehead atoms. The molecular weight excluding hydrogens is 438 g/mol. The van der Waals surface area contributed by atoms with Crippen LogP contribution in [-0.4, -0.2) is 33.0 Å². The maximum absolute atomic E-state index is 13.3. The van der Waals surface area contributed by atoms with Crippen LogP contribution >= 0.6 is 11.3 Å². The van der Waals surface area contributed by atoms with Crippen molar-refractivity contribution in [3.8, 4) is 11.4 Å². The van der Waals surface area contributed by atoms with Crippen LogP contribution in [0.15, 0.2) is 71.5 Å². The van der Waals surface area contributed by atoms with E-state index in [1.54, 1.807) is 24.3 Å². The van der Waals surface area contributed by atoms with Crippen LogP contribution in [0, 0.1) is 0 Å². The molecule has 0 saturated carbocycles. The van der Waals surface area contributed by atoms with Crippen LogP contribution in [0.5, 0.6) is 0 Å². The van der Waals surface area contributed by atoms with Crippen LogP contribution in [0.2, 0.25) is 0 Å². The highest BCUT2D eigenvalue weighted by Crippen LogP contribution is 2.35. The fourth-order valence-corrected chi connectivity index (χ4v) is 5.23. The molecule has 160 valence electrons. The fourth-order valence-electron chi connectivity index (χ4n) is 4.23. The first-order valence-corrected chi connectivity index (χ1v) is 11.0. The fraction of sp³-hybridized carbons (Fsp3) is 0.0417. The number of primary amides is 1. The van der Waals surface area contributed by atoms with Gasteiger partial charge in [-0.05, 0) is 16.8 Å². The minimum absolute atomic E-state index is 0.235. The highest BCUT2D eigenvalue weighted by atomic mass is 32.1. The van der Waals surface area contributed by atoms with E-state index >= 15 is 0 Å². The third-order valence-corrected chi connectivity index (χ3v) is 6.68. The lowest BCUT2D eigenvalue weighted by atomic mass is 10.0. The Morgan fingerprint density at radius 3 is 2.48 bits per heavy atom. The number of thiazole rings is 1. The van der Waals surface area contributed by atoms with Gasteiger partial charge in [-0.15, -0.1) is 5.10 Å². The summed E-state index contributed by atoms with van der Waals surface area (Å²) in [6.07, 6.45) is 0. The van der Waals surface area contributed by atoms with Gasteiger partial charge in [-0.1, -0.05) is 72.0 Å². The van der Waals surface area contributed by atoms with Crippen molar-refractivity contribution in [2.45, 2.75) is 0 Å². The van der Waals surface area contributed by atoms with Gasteiger partial charge in [0.15, 0.2) is 5.82 Å². The summed E-state index contributed by atoms with van der Waals surface area (Å²) in [6.45, 7) is -0.264. The Kier molecular flexibility index (Phi) is 4.14. The van der Waals surface area contributed by atoms with E-state index in [0.717, 1.165) is 27.7 Å². The summed E-state index contributed by atoms with van der Waals surface area (Å²) in [6, 6.07) is 20.8. The number of carbonyl (C=O) groups is 2. The van der Waals surface area contributed by atoms with Gasteiger partial charge >= 0.3 is 0 Å². The third-order valence-electron chi connectivity index (χ3n) is 5.65. The molecule has 8 nitrogen and oxygen atoms in total. The predicted molar refractivity (Wildman–Crippen MR) is 126 cm³/mol. The molecule has 0 saturated heterocycles. The summed E-state index contributed by atoms with van der Waals surface area (Å²) in [5, 5.41) is 6.50.